The van der Waals surface area contributed by atoms with E-state index < -0.39 is 0 Å². The first kappa shape index (κ1) is 29.4. The van der Waals surface area contributed by atoms with Gasteiger partial charge in [0.15, 0.2) is 0 Å². The number of nitrogens with zero attached hydrogens (tertiary/aromatic N) is 2. The van der Waals surface area contributed by atoms with E-state index in [1.54, 1.807) is 0 Å². The lowest BCUT2D eigenvalue weighted by Gasteiger charge is -2.17. The number of aromatic nitrogens is 2. The van der Waals surface area contributed by atoms with Crippen molar-refractivity contribution >= 4 is 86.7 Å². The zero-order valence-electron chi connectivity index (χ0n) is 29.4. The molecular formula is C52H32N2. The molecule has 0 spiro atoms. The molecule has 10 aromatic carbocycles. The minimum atomic E-state index is 1.17. The Morgan fingerprint density at radius 1 is 0.241 bits per heavy atom. The second-order valence-corrected chi connectivity index (χ2v) is 14.5. The van der Waals surface area contributed by atoms with E-state index >= 15 is 0 Å². The first-order chi connectivity index (χ1) is 26.8. The molecule has 0 N–H and O–H groups in total. The summed E-state index contributed by atoms with van der Waals surface area (Å²) in [6.45, 7) is 0. The molecule has 12 aromatic rings. The van der Waals surface area contributed by atoms with Crippen molar-refractivity contribution in [3.63, 3.8) is 0 Å². The van der Waals surface area contributed by atoms with Crippen molar-refractivity contribution in [2.45, 2.75) is 0 Å². The zero-order chi connectivity index (χ0) is 35.3. The monoisotopic (exact) mass is 684 g/mol. The van der Waals surface area contributed by atoms with Gasteiger partial charge in [-0.3, -0.25) is 0 Å². The topological polar surface area (TPSA) is 9.86 Å². The molecule has 0 amide bonds. The smallest absolute Gasteiger partial charge is 0.0547 e. The molecule has 0 radical (unpaired) electrons. The van der Waals surface area contributed by atoms with Crippen LogP contribution in [0, 0.1) is 0 Å². The maximum Gasteiger partial charge on any atom is 0.0547 e. The first-order valence-corrected chi connectivity index (χ1v) is 18.7. The van der Waals surface area contributed by atoms with Gasteiger partial charge >= 0.3 is 0 Å². The Hall–Kier alpha value is -7.16. The number of hydrogen-bond donors (Lipinski definition) is 0. The van der Waals surface area contributed by atoms with E-state index in [4.69, 9.17) is 0 Å². The summed E-state index contributed by atoms with van der Waals surface area (Å²) >= 11 is 0. The van der Waals surface area contributed by atoms with Crippen molar-refractivity contribution in [3.05, 3.63) is 194 Å². The third-order valence-corrected chi connectivity index (χ3v) is 11.7. The highest BCUT2D eigenvalue weighted by molar-refractivity contribution is 6.32. The minimum absolute atomic E-state index is 1.17. The summed E-state index contributed by atoms with van der Waals surface area (Å²) in [5, 5.41) is 15.3. The molecule has 2 heterocycles. The second-order valence-electron chi connectivity index (χ2n) is 14.5. The molecule has 54 heavy (non-hydrogen) atoms. The van der Waals surface area contributed by atoms with Crippen molar-refractivity contribution in [2.75, 3.05) is 0 Å². The lowest BCUT2D eigenvalue weighted by Crippen LogP contribution is -1.97. The fourth-order valence-corrected chi connectivity index (χ4v) is 9.35. The van der Waals surface area contributed by atoms with Crippen LogP contribution in [-0.2, 0) is 0 Å². The van der Waals surface area contributed by atoms with Crippen LogP contribution in [-0.4, -0.2) is 9.13 Å². The van der Waals surface area contributed by atoms with Crippen LogP contribution >= 0.6 is 0 Å². The molecule has 2 nitrogen and oxygen atoms in total. The van der Waals surface area contributed by atoms with Crippen LogP contribution in [0.15, 0.2) is 194 Å². The van der Waals surface area contributed by atoms with E-state index in [2.05, 4.69) is 203 Å². The van der Waals surface area contributed by atoms with E-state index in [0.717, 1.165) is 0 Å². The molecule has 0 aliphatic carbocycles. The molecule has 0 atom stereocenters. The lowest BCUT2D eigenvalue weighted by molar-refractivity contribution is 1.18. The zero-order valence-corrected chi connectivity index (χ0v) is 29.4. The summed E-state index contributed by atoms with van der Waals surface area (Å²) in [7, 11) is 0. The molecular weight excluding hydrogens is 653 g/mol. The van der Waals surface area contributed by atoms with Gasteiger partial charge in [0.25, 0.3) is 0 Å². The SMILES string of the molecule is c1ccc(-n2c3ccccc3c3ccc(-c4ccc5c(c4)c4ccccc4n5-c4cc5c6ccccc6c6ccccc6c5c5ccccc45)cc32)cc1. The van der Waals surface area contributed by atoms with Crippen molar-refractivity contribution in [2.24, 2.45) is 0 Å². The average Bonchev–Trinajstić information content (AvgIpc) is 3.75. The minimum Gasteiger partial charge on any atom is -0.309 e. The van der Waals surface area contributed by atoms with Crippen LogP contribution in [0.4, 0.5) is 0 Å². The molecule has 2 heteroatoms. The second kappa shape index (κ2) is 11.2. The molecule has 0 saturated heterocycles. The maximum atomic E-state index is 2.50. The lowest BCUT2D eigenvalue weighted by atomic mass is 9.90. The summed E-state index contributed by atoms with van der Waals surface area (Å²) in [5.41, 5.74) is 9.62. The first-order valence-electron chi connectivity index (χ1n) is 18.7. The van der Waals surface area contributed by atoms with Crippen LogP contribution in [0.2, 0.25) is 0 Å². The summed E-state index contributed by atoms with van der Waals surface area (Å²) in [5.74, 6) is 0. The van der Waals surface area contributed by atoms with E-state index in [1.165, 1.54) is 109 Å². The molecule has 0 saturated carbocycles. The van der Waals surface area contributed by atoms with Crippen LogP contribution in [0.3, 0.4) is 0 Å². The third-order valence-electron chi connectivity index (χ3n) is 11.7. The van der Waals surface area contributed by atoms with Crippen LogP contribution in [0.1, 0.15) is 0 Å². The molecule has 0 aliphatic rings. The number of rotatable bonds is 3. The van der Waals surface area contributed by atoms with Crippen molar-refractivity contribution in [1.29, 1.82) is 0 Å². The molecule has 0 aliphatic heterocycles. The summed E-state index contributed by atoms with van der Waals surface area (Å²) in [6, 6.07) is 71.5. The van der Waals surface area contributed by atoms with Crippen molar-refractivity contribution in [3.8, 4) is 22.5 Å². The summed E-state index contributed by atoms with van der Waals surface area (Å²) in [4.78, 5) is 0. The van der Waals surface area contributed by atoms with E-state index in [9.17, 15) is 0 Å². The maximum absolute atomic E-state index is 2.50. The van der Waals surface area contributed by atoms with Gasteiger partial charge in [-0.1, -0.05) is 146 Å². The Kier molecular flexibility index (Phi) is 6.09. The molecule has 0 fully saturated rings. The molecule has 12 rings (SSSR count). The van der Waals surface area contributed by atoms with Gasteiger partial charge < -0.3 is 9.13 Å². The van der Waals surface area contributed by atoms with Gasteiger partial charge in [0, 0.05) is 32.6 Å². The fourth-order valence-electron chi connectivity index (χ4n) is 9.35. The number of benzene rings is 10. The molecule has 2 aromatic heterocycles. The van der Waals surface area contributed by atoms with E-state index in [-0.39, 0.29) is 0 Å². The predicted octanol–water partition coefficient (Wildman–Crippen LogP) is 14.2. The third kappa shape index (κ3) is 4.05. The Morgan fingerprint density at radius 3 is 1.43 bits per heavy atom. The molecule has 0 bridgehead atoms. The Balaban J connectivity index is 1.13. The fraction of sp³-hybridized carbons (Fsp3) is 0. The van der Waals surface area contributed by atoms with Gasteiger partial charge in [0.1, 0.15) is 0 Å². The van der Waals surface area contributed by atoms with Gasteiger partial charge in [0.05, 0.1) is 27.8 Å². The standard InChI is InChI=1S/C52H32N2/c1-2-14-35(15-3-1)53-47-24-12-10-19-39(47)42-28-26-34(31-50(42)53)33-27-29-49-45(30-33)41-21-11-13-25-48(41)54(49)51-32-46-38-18-5-4-16-36(38)37-17-6-8-22-43(37)52(46)44-23-9-7-20-40(44)51/h1-32H. The van der Waals surface area contributed by atoms with Gasteiger partial charge in [-0.05, 0) is 97.4 Å². The van der Waals surface area contributed by atoms with Crippen LogP contribution in [0.25, 0.3) is 109 Å². The number of fused-ring (bicyclic) bond motifs is 14. The highest BCUT2D eigenvalue weighted by Crippen LogP contribution is 2.44. The van der Waals surface area contributed by atoms with Crippen molar-refractivity contribution < 1.29 is 0 Å². The van der Waals surface area contributed by atoms with Gasteiger partial charge in [0.2, 0.25) is 0 Å². The van der Waals surface area contributed by atoms with E-state index in [0.29, 0.717) is 0 Å². The Bertz CT molecular complexity index is 3490. The predicted molar refractivity (Wildman–Crippen MR) is 231 cm³/mol. The molecule has 250 valence electrons. The van der Waals surface area contributed by atoms with Gasteiger partial charge in [-0.15, -0.1) is 0 Å². The van der Waals surface area contributed by atoms with Gasteiger partial charge in [-0.25, -0.2) is 0 Å². The highest BCUT2D eigenvalue weighted by atomic mass is 15.0. The van der Waals surface area contributed by atoms with Crippen LogP contribution in [0.5, 0.6) is 0 Å². The number of para-hydroxylation sites is 3. The summed E-state index contributed by atoms with van der Waals surface area (Å²) in [6.07, 6.45) is 0. The Labute approximate surface area is 311 Å². The summed E-state index contributed by atoms with van der Waals surface area (Å²) < 4.78 is 4.90. The molecule has 0 unspecified atom stereocenters. The highest BCUT2D eigenvalue weighted by Gasteiger charge is 2.20. The Morgan fingerprint density at radius 2 is 0.704 bits per heavy atom. The van der Waals surface area contributed by atoms with E-state index in [1.807, 2.05) is 0 Å². The van der Waals surface area contributed by atoms with Crippen LogP contribution < -0.4 is 0 Å². The average molecular weight is 685 g/mol. The van der Waals surface area contributed by atoms with Crippen molar-refractivity contribution in [1.82, 2.24) is 9.13 Å². The normalized spacial score (nSPS) is 12.1. The van der Waals surface area contributed by atoms with Gasteiger partial charge in [-0.2, -0.15) is 0 Å². The number of hydrogen-bond acceptors (Lipinski definition) is 0. The largest absolute Gasteiger partial charge is 0.309 e. The quantitative estimate of drug-likeness (QED) is 0.164.